The lowest BCUT2D eigenvalue weighted by Gasteiger charge is -2.16. The zero-order valence-electron chi connectivity index (χ0n) is 15.6. The minimum atomic E-state index is -3.53. The predicted molar refractivity (Wildman–Crippen MR) is 123 cm³/mol. The first-order valence-electron chi connectivity index (χ1n) is 9.35. The number of sulfonamides is 1. The van der Waals surface area contributed by atoms with Crippen LogP contribution in [0.25, 0.3) is 32.1 Å². The van der Waals surface area contributed by atoms with E-state index in [0.717, 1.165) is 28.3 Å². The van der Waals surface area contributed by atoms with Crippen LogP contribution in [0.2, 0.25) is 0 Å². The molecule has 0 bridgehead atoms. The first-order valence-corrected chi connectivity index (χ1v) is 12.6. The second kappa shape index (κ2) is 7.19. The number of thiophene rings is 1. The number of H-pyrrole nitrogens is 1. The molecule has 0 radical (unpaired) electrons. The van der Waals surface area contributed by atoms with Crippen LogP contribution in [-0.2, 0) is 10.0 Å². The Kier molecular flexibility index (Phi) is 4.73. The normalized spacial score (nSPS) is 17.8. The van der Waals surface area contributed by atoms with Crippen molar-refractivity contribution in [3.8, 4) is 16.9 Å². The Morgan fingerprint density at radius 2 is 1.93 bits per heavy atom. The van der Waals surface area contributed by atoms with E-state index in [-0.39, 0.29) is 21.0 Å². The maximum atomic E-state index is 12.9. The molecule has 4 aromatic rings. The number of phenolic OH excluding ortho intramolecular Hbond substituents is 1. The zero-order chi connectivity index (χ0) is 21.0. The summed E-state index contributed by atoms with van der Waals surface area (Å²) in [5.41, 5.74) is 2.11. The Hall–Kier alpha value is -2.20. The van der Waals surface area contributed by atoms with Crippen LogP contribution in [0.15, 0.2) is 57.5 Å². The highest BCUT2D eigenvalue weighted by molar-refractivity contribution is 9.09. The fourth-order valence-electron chi connectivity index (χ4n) is 3.89. The Labute approximate surface area is 185 Å². The van der Waals surface area contributed by atoms with Gasteiger partial charge in [-0.1, -0.05) is 28.1 Å². The van der Waals surface area contributed by atoms with Gasteiger partial charge in [-0.05, 0) is 42.3 Å². The average Bonchev–Trinajstić information content (AvgIpc) is 3.36. The number of pyridine rings is 1. The third kappa shape index (κ3) is 3.17. The molecule has 2 N–H and O–H groups in total. The number of nitrogens with one attached hydrogen (secondary N) is 1. The number of aromatic hydroxyl groups is 1. The predicted octanol–water partition coefficient (Wildman–Crippen LogP) is 4.27. The number of fused-ring (bicyclic) bond motifs is 3. The summed E-state index contributed by atoms with van der Waals surface area (Å²) in [5.74, 6) is 0.116. The number of aromatic amines is 1. The summed E-state index contributed by atoms with van der Waals surface area (Å²) < 4.78 is 27.8. The molecule has 0 spiro atoms. The van der Waals surface area contributed by atoms with Crippen molar-refractivity contribution >= 4 is 58.3 Å². The van der Waals surface area contributed by atoms with Gasteiger partial charge in [0.05, 0.1) is 4.90 Å². The molecular formula is C21H17BrN2O4S2. The lowest BCUT2D eigenvalue weighted by molar-refractivity contribution is 0.476. The van der Waals surface area contributed by atoms with Crippen LogP contribution in [0, 0.1) is 0 Å². The largest absolute Gasteiger partial charge is 0.508 e. The summed E-state index contributed by atoms with van der Waals surface area (Å²) in [4.78, 5) is 15.8. The third-order valence-corrected chi connectivity index (χ3v) is 9.02. The SMILES string of the molecule is O=c1[nH]c2ccc(O)cc2c2c(-c3ccc(S(=O)(=O)N4CCC(Br)C4)cc3)csc12. The van der Waals surface area contributed by atoms with Crippen LogP contribution in [0.1, 0.15) is 6.42 Å². The number of hydrogen-bond acceptors (Lipinski definition) is 5. The molecule has 2 aromatic heterocycles. The van der Waals surface area contributed by atoms with Crippen molar-refractivity contribution in [1.29, 1.82) is 0 Å². The zero-order valence-corrected chi connectivity index (χ0v) is 18.9. The van der Waals surface area contributed by atoms with Crippen LogP contribution in [0.4, 0.5) is 0 Å². The molecule has 3 heterocycles. The van der Waals surface area contributed by atoms with E-state index in [1.54, 1.807) is 36.4 Å². The maximum absolute atomic E-state index is 12.9. The molecule has 0 amide bonds. The van der Waals surface area contributed by atoms with Crippen LogP contribution < -0.4 is 5.56 Å². The number of hydrogen-bond donors (Lipinski definition) is 2. The highest BCUT2D eigenvalue weighted by Gasteiger charge is 2.31. The van der Waals surface area contributed by atoms with Crippen molar-refractivity contribution in [3.05, 3.63) is 58.2 Å². The third-order valence-electron chi connectivity index (χ3n) is 5.41. The van der Waals surface area contributed by atoms with Gasteiger partial charge in [-0.15, -0.1) is 11.3 Å². The van der Waals surface area contributed by atoms with E-state index in [1.165, 1.54) is 21.7 Å². The van der Waals surface area contributed by atoms with Gasteiger partial charge in [0.2, 0.25) is 10.0 Å². The van der Waals surface area contributed by atoms with Crippen molar-refractivity contribution in [2.24, 2.45) is 0 Å². The minimum absolute atomic E-state index is 0.116. The van der Waals surface area contributed by atoms with Crippen molar-refractivity contribution in [3.63, 3.8) is 0 Å². The smallest absolute Gasteiger partial charge is 0.266 e. The monoisotopic (exact) mass is 504 g/mol. The van der Waals surface area contributed by atoms with Crippen LogP contribution >= 0.6 is 27.3 Å². The molecular weight excluding hydrogens is 488 g/mol. The van der Waals surface area contributed by atoms with E-state index < -0.39 is 10.0 Å². The standard InChI is InChI=1S/C21H17BrN2O4S2/c22-13-7-8-24(10-13)30(27,28)15-4-1-12(2-5-15)17-11-29-20-19(17)16-9-14(25)3-6-18(16)23-21(20)26/h1-6,9,11,13,25H,7-8,10H2,(H,23,26). The van der Waals surface area contributed by atoms with E-state index in [0.29, 0.717) is 23.3 Å². The first-order chi connectivity index (χ1) is 14.3. The molecule has 30 heavy (non-hydrogen) atoms. The van der Waals surface area contributed by atoms with Crippen LogP contribution in [-0.4, -0.2) is 40.7 Å². The fraction of sp³-hybridized carbons (Fsp3) is 0.190. The van der Waals surface area contributed by atoms with E-state index in [2.05, 4.69) is 20.9 Å². The Morgan fingerprint density at radius 3 is 2.63 bits per heavy atom. The van der Waals surface area contributed by atoms with Crippen molar-refractivity contribution in [1.82, 2.24) is 9.29 Å². The first kappa shape index (κ1) is 19.7. The Bertz CT molecular complexity index is 1440. The summed E-state index contributed by atoms with van der Waals surface area (Å²) in [5, 5.41) is 13.3. The van der Waals surface area contributed by atoms with Crippen molar-refractivity contribution in [2.75, 3.05) is 13.1 Å². The number of alkyl halides is 1. The fourth-order valence-corrected chi connectivity index (χ4v) is 7.12. The lowest BCUT2D eigenvalue weighted by atomic mass is 10.0. The molecule has 1 saturated heterocycles. The van der Waals surface area contributed by atoms with E-state index in [4.69, 9.17) is 0 Å². The summed E-state index contributed by atoms with van der Waals surface area (Å²) >= 11 is 4.81. The number of benzene rings is 2. The van der Waals surface area contributed by atoms with E-state index in [9.17, 15) is 18.3 Å². The molecule has 1 atom stereocenters. The molecule has 9 heteroatoms. The van der Waals surface area contributed by atoms with Gasteiger partial charge in [0.25, 0.3) is 5.56 Å². The van der Waals surface area contributed by atoms with Gasteiger partial charge in [0, 0.05) is 45.1 Å². The second-order valence-corrected chi connectivity index (χ2v) is 11.4. The Balaban J connectivity index is 1.62. The molecule has 154 valence electrons. The van der Waals surface area contributed by atoms with Gasteiger partial charge in [-0.3, -0.25) is 4.79 Å². The minimum Gasteiger partial charge on any atom is -0.508 e. The number of nitrogens with zero attached hydrogens (tertiary/aromatic N) is 1. The highest BCUT2D eigenvalue weighted by Crippen LogP contribution is 2.38. The molecule has 1 unspecified atom stereocenters. The van der Waals surface area contributed by atoms with Crippen LogP contribution in [0.3, 0.4) is 0 Å². The molecule has 2 aromatic carbocycles. The van der Waals surface area contributed by atoms with E-state index in [1.807, 2.05) is 5.38 Å². The number of phenols is 1. The quantitative estimate of drug-likeness (QED) is 0.407. The summed E-state index contributed by atoms with van der Waals surface area (Å²) in [7, 11) is -3.53. The van der Waals surface area contributed by atoms with Crippen molar-refractivity contribution < 1.29 is 13.5 Å². The summed E-state index contributed by atoms with van der Waals surface area (Å²) in [6.07, 6.45) is 0.798. The molecule has 6 nitrogen and oxygen atoms in total. The van der Waals surface area contributed by atoms with Gasteiger partial charge in [0.1, 0.15) is 10.4 Å². The maximum Gasteiger partial charge on any atom is 0.266 e. The molecule has 1 fully saturated rings. The molecule has 1 aliphatic heterocycles. The molecule has 0 aliphatic carbocycles. The highest BCUT2D eigenvalue weighted by atomic mass is 79.9. The average molecular weight is 505 g/mol. The topological polar surface area (TPSA) is 90.5 Å². The van der Waals surface area contributed by atoms with Gasteiger partial charge in [-0.25, -0.2) is 8.42 Å². The number of aromatic nitrogens is 1. The van der Waals surface area contributed by atoms with Gasteiger partial charge < -0.3 is 10.1 Å². The van der Waals surface area contributed by atoms with Gasteiger partial charge in [0.15, 0.2) is 0 Å². The second-order valence-electron chi connectivity index (χ2n) is 7.31. The molecule has 1 aliphatic rings. The van der Waals surface area contributed by atoms with Gasteiger partial charge in [-0.2, -0.15) is 4.31 Å². The molecule has 0 saturated carbocycles. The van der Waals surface area contributed by atoms with Crippen molar-refractivity contribution in [2.45, 2.75) is 16.1 Å². The molecule has 5 rings (SSSR count). The number of rotatable bonds is 3. The lowest BCUT2D eigenvalue weighted by Crippen LogP contribution is -2.28. The summed E-state index contributed by atoms with van der Waals surface area (Å²) in [6.45, 7) is 0.977. The van der Waals surface area contributed by atoms with Crippen LogP contribution in [0.5, 0.6) is 5.75 Å². The Morgan fingerprint density at radius 1 is 1.17 bits per heavy atom. The summed E-state index contributed by atoms with van der Waals surface area (Å²) in [6, 6.07) is 11.6. The number of halogens is 1. The van der Waals surface area contributed by atoms with E-state index >= 15 is 0 Å². The van der Waals surface area contributed by atoms with Gasteiger partial charge >= 0.3 is 0 Å².